The van der Waals surface area contributed by atoms with Gasteiger partial charge in [0.25, 0.3) is 0 Å². The first-order valence-corrected chi connectivity index (χ1v) is 10.8. The number of para-hydroxylation sites is 1. The summed E-state index contributed by atoms with van der Waals surface area (Å²) in [5.41, 5.74) is 1.97. The molecule has 0 radical (unpaired) electrons. The minimum atomic E-state index is -0.0671. The molecule has 0 bridgehead atoms. The molecule has 7 nitrogen and oxygen atoms in total. The Hall–Kier alpha value is -3.00. The molecular formula is C22H26N4O3S. The van der Waals surface area contributed by atoms with Crippen LogP contribution >= 0.6 is 11.8 Å². The quantitative estimate of drug-likeness (QED) is 0.490. The number of hydrogen-bond acceptors (Lipinski definition) is 6. The van der Waals surface area contributed by atoms with Crippen molar-refractivity contribution in [3.63, 3.8) is 0 Å². The van der Waals surface area contributed by atoms with Crippen molar-refractivity contribution in [2.45, 2.75) is 38.6 Å². The average Bonchev–Trinajstić information content (AvgIpc) is 3.18. The highest BCUT2D eigenvalue weighted by atomic mass is 32.2. The number of carbonyl (C=O) groups is 1. The maximum Gasteiger partial charge on any atom is 0.234 e. The lowest BCUT2D eigenvalue weighted by atomic mass is 10.1. The second-order valence-electron chi connectivity index (χ2n) is 6.45. The molecule has 0 aliphatic carbocycles. The van der Waals surface area contributed by atoms with Crippen molar-refractivity contribution in [1.29, 1.82) is 0 Å². The van der Waals surface area contributed by atoms with Crippen LogP contribution < -0.4 is 14.8 Å². The Labute approximate surface area is 180 Å². The zero-order valence-electron chi connectivity index (χ0n) is 17.4. The minimum Gasteiger partial charge on any atom is -0.497 e. The van der Waals surface area contributed by atoms with Gasteiger partial charge < -0.3 is 19.4 Å². The topological polar surface area (TPSA) is 78.3 Å². The van der Waals surface area contributed by atoms with E-state index in [1.54, 1.807) is 7.11 Å². The molecular weight excluding hydrogens is 400 g/mol. The normalized spacial score (nSPS) is 10.6. The molecule has 1 aromatic heterocycles. The van der Waals surface area contributed by atoms with E-state index in [2.05, 4.69) is 22.4 Å². The van der Waals surface area contributed by atoms with Crippen molar-refractivity contribution in [2.75, 3.05) is 18.2 Å². The number of methoxy groups -OCH3 is 1. The van der Waals surface area contributed by atoms with Gasteiger partial charge in [-0.05, 0) is 49.2 Å². The van der Waals surface area contributed by atoms with Crippen LogP contribution in [0, 0.1) is 0 Å². The Balaban J connectivity index is 1.57. The van der Waals surface area contributed by atoms with Gasteiger partial charge >= 0.3 is 0 Å². The number of thioether (sulfide) groups is 1. The van der Waals surface area contributed by atoms with Crippen LogP contribution in [-0.4, -0.2) is 33.5 Å². The Kier molecular flexibility index (Phi) is 7.73. The summed E-state index contributed by atoms with van der Waals surface area (Å²) in [5, 5.41) is 12.1. The van der Waals surface area contributed by atoms with E-state index in [0.717, 1.165) is 29.2 Å². The predicted octanol–water partition coefficient (Wildman–Crippen LogP) is 4.18. The number of rotatable bonds is 10. The van der Waals surface area contributed by atoms with Gasteiger partial charge in [-0.2, -0.15) is 0 Å². The van der Waals surface area contributed by atoms with Crippen LogP contribution in [0.2, 0.25) is 0 Å². The first-order chi connectivity index (χ1) is 14.6. The smallest absolute Gasteiger partial charge is 0.234 e. The van der Waals surface area contributed by atoms with Crippen LogP contribution in [0.15, 0.2) is 53.7 Å². The van der Waals surface area contributed by atoms with Crippen molar-refractivity contribution in [3.8, 4) is 11.5 Å². The first kappa shape index (κ1) is 21.7. The van der Waals surface area contributed by atoms with Crippen molar-refractivity contribution in [2.24, 2.45) is 0 Å². The second kappa shape index (κ2) is 10.7. The highest BCUT2D eigenvalue weighted by Gasteiger charge is 2.14. The number of anilines is 1. The van der Waals surface area contributed by atoms with E-state index in [-0.39, 0.29) is 11.7 Å². The fraction of sp³-hybridized carbons (Fsp3) is 0.318. The summed E-state index contributed by atoms with van der Waals surface area (Å²) >= 11 is 1.37. The van der Waals surface area contributed by atoms with E-state index in [0.29, 0.717) is 24.1 Å². The SMILES string of the molecule is CCc1ccccc1NC(=O)CSc1nnc(COc2ccc(OC)cc2)n1CC. The molecule has 0 saturated carbocycles. The summed E-state index contributed by atoms with van der Waals surface area (Å²) in [6, 6.07) is 15.2. The number of nitrogens with zero attached hydrogens (tertiary/aromatic N) is 3. The molecule has 0 aliphatic rings. The maximum atomic E-state index is 12.4. The third-order valence-corrected chi connectivity index (χ3v) is 5.51. The van der Waals surface area contributed by atoms with E-state index < -0.39 is 0 Å². The lowest BCUT2D eigenvalue weighted by Crippen LogP contribution is -2.16. The van der Waals surface area contributed by atoms with Crippen molar-refractivity contribution in [1.82, 2.24) is 14.8 Å². The van der Waals surface area contributed by atoms with Gasteiger partial charge in [0.1, 0.15) is 18.1 Å². The molecule has 2 aromatic carbocycles. The zero-order chi connectivity index (χ0) is 21.3. The molecule has 0 fully saturated rings. The van der Waals surface area contributed by atoms with E-state index in [1.807, 2.05) is 60.0 Å². The number of aromatic nitrogens is 3. The van der Waals surface area contributed by atoms with Gasteiger partial charge in [0, 0.05) is 12.2 Å². The Bertz CT molecular complexity index is 973. The lowest BCUT2D eigenvalue weighted by Gasteiger charge is -2.10. The highest BCUT2D eigenvalue weighted by molar-refractivity contribution is 7.99. The third-order valence-electron chi connectivity index (χ3n) is 4.54. The van der Waals surface area contributed by atoms with E-state index >= 15 is 0 Å². The molecule has 1 N–H and O–H groups in total. The summed E-state index contributed by atoms with van der Waals surface area (Å²) < 4.78 is 12.9. The van der Waals surface area contributed by atoms with Gasteiger partial charge in [0.2, 0.25) is 5.91 Å². The summed E-state index contributed by atoms with van der Waals surface area (Å²) in [6.45, 7) is 5.07. The van der Waals surface area contributed by atoms with Crippen LogP contribution in [0.1, 0.15) is 25.2 Å². The van der Waals surface area contributed by atoms with Gasteiger partial charge in [0.15, 0.2) is 11.0 Å². The molecule has 8 heteroatoms. The third kappa shape index (κ3) is 5.54. The van der Waals surface area contributed by atoms with E-state index in [1.165, 1.54) is 11.8 Å². The Morgan fingerprint density at radius 1 is 1.07 bits per heavy atom. The molecule has 0 atom stereocenters. The molecule has 0 saturated heterocycles. The lowest BCUT2D eigenvalue weighted by molar-refractivity contribution is -0.113. The van der Waals surface area contributed by atoms with Crippen molar-refractivity contribution in [3.05, 3.63) is 59.9 Å². The van der Waals surface area contributed by atoms with Crippen LogP contribution in [0.5, 0.6) is 11.5 Å². The molecule has 30 heavy (non-hydrogen) atoms. The fourth-order valence-electron chi connectivity index (χ4n) is 2.94. The van der Waals surface area contributed by atoms with Crippen molar-refractivity contribution < 1.29 is 14.3 Å². The zero-order valence-corrected chi connectivity index (χ0v) is 18.2. The van der Waals surface area contributed by atoms with Gasteiger partial charge in [0.05, 0.1) is 12.9 Å². The Morgan fingerprint density at radius 3 is 2.50 bits per heavy atom. The summed E-state index contributed by atoms with van der Waals surface area (Å²) in [6.07, 6.45) is 0.866. The summed E-state index contributed by atoms with van der Waals surface area (Å²) in [5.74, 6) is 2.41. The number of nitrogens with one attached hydrogen (secondary N) is 1. The monoisotopic (exact) mass is 426 g/mol. The highest BCUT2D eigenvalue weighted by Crippen LogP contribution is 2.21. The molecule has 3 aromatic rings. The number of benzene rings is 2. The van der Waals surface area contributed by atoms with Crippen LogP contribution in [0.3, 0.4) is 0 Å². The molecule has 0 spiro atoms. The van der Waals surface area contributed by atoms with E-state index in [9.17, 15) is 4.79 Å². The molecule has 1 amide bonds. The summed E-state index contributed by atoms with van der Waals surface area (Å²) in [4.78, 5) is 12.4. The largest absolute Gasteiger partial charge is 0.497 e. The Morgan fingerprint density at radius 2 is 1.80 bits per heavy atom. The summed E-state index contributed by atoms with van der Waals surface area (Å²) in [7, 11) is 1.63. The fourth-order valence-corrected chi connectivity index (χ4v) is 3.76. The number of ether oxygens (including phenoxy) is 2. The number of carbonyl (C=O) groups excluding carboxylic acids is 1. The van der Waals surface area contributed by atoms with E-state index in [4.69, 9.17) is 9.47 Å². The number of hydrogen-bond donors (Lipinski definition) is 1. The first-order valence-electron chi connectivity index (χ1n) is 9.84. The maximum absolute atomic E-state index is 12.4. The van der Waals surface area contributed by atoms with Gasteiger partial charge in [-0.15, -0.1) is 10.2 Å². The van der Waals surface area contributed by atoms with Gasteiger partial charge in [-0.25, -0.2) is 0 Å². The van der Waals surface area contributed by atoms with Crippen LogP contribution in [-0.2, 0) is 24.4 Å². The number of aryl methyl sites for hydroxylation is 1. The van der Waals surface area contributed by atoms with Crippen LogP contribution in [0.25, 0.3) is 0 Å². The second-order valence-corrected chi connectivity index (χ2v) is 7.40. The average molecular weight is 427 g/mol. The standard InChI is InChI=1S/C22H26N4O3S/c1-4-16-8-6-7-9-19(16)23-21(27)15-30-22-25-24-20(26(22)5-2)14-29-18-12-10-17(28-3)11-13-18/h6-13H,4-5,14-15H2,1-3H3,(H,23,27). The van der Waals surface area contributed by atoms with Gasteiger partial charge in [-0.3, -0.25) is 4.79 Å². The van der Waals surface area contributed by atoms with Gasteiger partial charge in [-0.1, -0.05) is 36.9 Å². The molecule has 0 aliphatic heterocycles. The number of amides is 1. The molecule has 0 unspecified atom stereocenters. The van der Waals surface area contributed by atoms with Crippen LogP contribution in [0.4, 0.5) is 5.69 Å². The minimum absolute atomic E-state index is 0.0671. The molecule has 3 rings (SSSR count). The van der Waals surface area contributed by atoms with Crippen molar-refractivity contribution >= 4 is 23.4 Å². The molecule has 1 heterocycles. The molecule has 158 valence electrons. The predicted molar refractivity (Wildman–Crippen MR) is 118 cm³/mol.